The summed E-state index contributed by atoms with van der Waals surface area (Å²) in [5.41, 5.74) is 8.58. The van der Waals surface area contributed by atoms with Crippen molar-refractivity contribution in [2.75, 3.05) is 0 Å². The van der Waals surface area contributed by atoms with Gasteiger partial charge < -0.3 is 0 Å². The summed E-state index contributed by atoms with van der Waals surface area (Å²) in [6.45, 7) is 43.7. The standard InChI is InChI=1S/C18H18O.C10H12O.C8H8O.8C2H6/c1-13-8-4-6-10-16(13)12-15(3)18(19)17-11-7-5-9-14(17)2;1-3-10(11)9-7-5-4-6-8(9)2;1-7-4-2-3-5-8(7)6-9;8*1-2/h4-12H,1-3H3;4-7H,3H2,1-2H3;2-6H,1H3;8*1-2H3/b15-12+;;;;;;;;;;. The SMILES string of the molecule is C/C(=C\c1ccccc1C)C(=O)c1ccccc1C.CC.CC.CC.CC.CC.CC.CC.CC.CCC(=O)c1ccccc1C.Cc1ccccc1C=O. The largest absolute Gasteiger partial charge is 0.298 e. The maximum absolute atomic E-state index is 12.4. The maximum atomic E-state index is 12.4. The second kappa shape index (κ2) is 51.7. The number of carbonyl (C=O) groups is 3. The van der Waals surface area contributed by atoms with Crippen LogP contribution in [0.25, 0.3) is 6.08 Å². The zero-order valence-electron chi connectivity index (χ0n) is 39.8. The molecule has 4 aromatic rings. The van der Waals surface area contributed by atoms with E-state index in [-0.39, 0.29) is 11.6 Å². The molecule has 4 aromatic carbocycles. The van der Waals surface area contributed by atoms with Gasteiger partial charge in [-0.2, -0.15) is 0 Å². The van der Waals surface area contributed by atoms with Crippen LogP contribution in [-0.2, 0) is 0 Å². The molecule has 55 heavy (non-hydrogen) atoms. The highest BCUT2D eigenvalue weighted by molar-refractivity contribution is 6.11. The fourth-order valence-electron chi connectivity index (χ4n) is 3.88. The quantitative estimate of drug-likeness (QED) is 0.112. The minimum absolute atomic E-state index is 0.0985. The lowest BCUT2D eigenvalue weighted by molar-refractivity contribution is 0.0986. The van der Waals surface area contributed by atoms with Gasteiger partial charge in [-0.3, -0.25) is 14.4 Å². The third kappa shape index (κ3) is 31.7. The first-order valence-corrected chi connectivity index (χ1v) is 21.1. The molecule has 0 unspecified atom stereocenters. The Morgan fingerprint density at radius 1 is 0.436 bits per heavy atom. The summed E-state index contributed by atoms with van der Waals surface area (Å²) < 4.78 is 0. The van der Waals surface area contributed by atoms with Crippen LogP contribution in [0.4, 0.5) is 0 Å². The summed E-state index contributed by atoms with van der Waals surface area (Å²) in [6, 6.07) is 31.0. The zero-order valence-corrected chi connectivity index (χ0v) is 39.8. The normalized spacial score (nSPS) is 8.22. The van der Waals surface area contributed by atoms with Crippen molar-refractivity contribution in [2.24, 2.45) is 0 Å². The Hall–Kier alpha value is -4.37. The van der Waals surface area contributed by atoms with Crippen molar-refractivity contribution in [1.29, 1.82) is 0 Å². The second-order valence-electron chi connectivity index (χ2n) is 9.39. The molecule has 4 rings (SSSR count). The number of rotatable bonds is 6. The molecule has 0 aliphatic carbocycles. The molecule has 0 atom stereocenters. The van der Waals surface area contributed by atoms with E-state index in [1.54, 1.807) is 0 Å². The van der Waals surface area contributed by atoms with Crippen LogP contribution in [0.2, 0.25) is 0 Å². The summed E-state index contributed by atoms with van der Waals surface area (Å²) in [5.74, 6) is 0.324. The number of hydrogen-bond donors (Lipinski definition) is 0. The lowest BCUT2D eigenvalue weighted by atomic mass is 9.97. The van der Waals surface area contributed by atoms with Gasteiger partial charge in [0.05, 0.1) is 0 Å². The van der Waals surface area contributed by atoms with Gasteiger partial charge in [0.25, 0.3) is 0 Å². The molecule has 0 aromatic heterocycles. The molecule has 0 radical (unpaired) electrons. The predicted octanol–water partition coefficient (Wildman–Crippen LogP) is 17.2. The molecule has 0 N–H and O–H groups in total. The van der Waals surface area contributed by atoms with E-state index in [4.69, 9.17) is 0 Å². The highest BCUT2D eigenvalue weighted by atomic mass is 16.1. The minimum Gasteiger partial charge on any atom is -0.298 e. The first kappa shape index (κ1) is 65.5. The number of Topliss-reactive ketones (excluding diaryl/α,β-unsaturated/α-hetero) is 2. The third-order valence-electron chi connectivity index (χ3n) is 6.39. The van der Waals surface area contributed by atoms with Crippen LogP contribution in [0.5, 0.6) is 0 Å². The molecule has 0 amide bonds. The molecular formula is C52H86O3. The molecule has 0 saturated carbocycles. The van der Waals surface area contributed by atoms with E-state index in [0.717, 1.165) is 50.8 Å². The fraction of sp³-hybridized carbons (Fsp3) is 0.442. The summed E-state index contributed by atoms with van der Waals surface area (Å²) in [4.78, 5) is 33.9. The van der Waals surface area contributed by atoms with Crippen molar-refractivity contribution >= 4 is 23.9 Å². The molecular weight excluding hydrogens is 673 g/mol. The van der Waals surface area contributed by atoms with E-state index in [1.165, 1.54) is 5.56 Å². The molecule has 3 heteroatoms. The number of allylic oxidation sites excluding steroid dienone is 1. The second-order valence-corrected chi connectivity index (χ2v) is 9.39. The van der Waals surface area contributed by atoms with Gasteiger partial charge in [-0.05, 0) is 74.1 Å². The van der Waals surface area contributed by atoms with Gasteiger partial charge >= 0.3 is 0 Å². The summed E-state index contributed by atoms with van der Waals surface area (Å²) in [7, 11) is 0. The Morgan fingerprint density at radius 2 is 0.727 bits per heavy atom. The molecule has 0 fully saturated rings. The van der Waals surface area contributed by atoms with Crippen LogP contribution in [0, 0.1) is 27.7 Å². The van der Waals surface area contributed by atoms with Crippen LogP contribution in [0.15, 0.2) is 103 Å². The Labute approximate surface area is 343 Å². The highest BCUT2D eigenvalue weighted by Gasteiger charge is 2.10. The molecule has 0 spiro atoms. The van der Waals surface area contributed by atoms with Gasteiger partial charge in [0.1, 0.15) is 6.29 Å². The van der Waals surface area contributed by atoms with Crippen molar-refractivity contribution in [3.05, 3.63) is 147 Å². The predicted molar refractivity (Wildman–Crippen MR) is 253 cm³/mol. The van der Waals surface area contributed by atoms with Crippen molar-refractivity contribution in [1.82, 2.24) is 0 Å². The van der Waals surface area contributed by atoms with Crippen LogP contribution in [0.3, 0.4) is 0 Å². The number of ketones is 2. The number of aryl methyl sites for hydroxylation is 4. The topological polar surface area (TPSA) is 51.2 Å². The van der Waals surface area contributed by atoms with E-state index >= 15 is 0 Å². The summed E-state index contributed by atoms with van der Waals surface area (Å²) in [6.07, 6.45) is 3.42. The Morgan fingerprint density at radius 3 is 1.02 bits per heavy atom. The van der Waals surface area contributed by atoms with Gasteiger partial charge in [-0.1, -0.05) is 215 Å². The van der Waals surface area contributed by atoms with Gasteiger partial charge in [0.15, 0.2) is 11.6 Å². The van der Waals surface area contributed by atoms with Crippen molar-refractivity contribution < 1.29 is 14.4 Å². The first-order chi connectivity index (χ1) is 26.7. The molecule has 3 nitrogen and oxygen atoms in total. The Bertz CT molecular complexity index is 1440. The highest BCUT2D eigenvalue weighted by Crippen LogP contribution is 2.17. The van der Waals surface area contributed by atoms with Gasteiger partial charge in [0.2, 0.25) is 0 Å². The lowest BCUT2D eigenvalue weighted by Gasteiger charge is -2.06. The van der Waals surface area contributed by atoms with Gasteiger partial charge in [0, 0.05) is 23.1 Å². The first-order valence-electron chi connectivity index (χ1n) is 21.1. The number of carbonyl (C=O) groups excluding carboxylic acids is 3. The van der Waals surface area contributed by atoms with Gasteiger partial charge in [-0.15, -0.1) is 0 Å². The summed E-state index contributed by atoms with van der Waals surface area (Å²) >= 11 is 0. The van der Waals surface area contributed by atoms with Crippen molar-refractivity contribution in [3.8, 4) is 0 Å². The number of aldehydes is 1. The van der Waals surface area contributed by atoms with Crippen LogP contribution >= 0.6 is 0 Å². The van der Waals surface area contributed by atoms with E-state index in [1.807, 2.05) is 242 Å². The van der Waals surface area contributed by atoms with E-state index < -0.39 is 0 Å². The Kier molecular flexibility index (Phi) is 61.6. The number of benzene rings is 4. The minimum atomic E-state index is 0.0985. The molecule has 0 aliphatic rings. The number of hydrogen-bond acceptors (Lipinski definition) is 3. The lowest BCUT2D eigenvalue weighted by Crippen LogP contribution is -2.03. The molecule has 0 bridgehead atoms. The molecule has 0 saturated heterocycles. The molecule has 312 valence electrons. The summed E-state index contributed by atoms with van der Waals surface area (Å²) in [5, 5.41) is 0. The molecule has 0 heterocycles. The van der Waals surface area contributed by atoms with Crippen LogP contribution in [0.1, 0.15) is 190 Å². The third-order valence-corrected chi connectivity index (χ3v) is 6.39. The van der Waals surface area contributed by atoms with Crippen molar-refractivity contribution in [3.63, 3.8) is 0 Å². The van der Waals surface area contributed by atoms with Crippen LogP contribution in [-0.4, -0.2) is 17.9 Å². The van der Waals surface area contributed by atoms with E-state index in [0.29, 0.717) is 6.42 Å². The van der Waals surface area contributed by atoms with Crippen molar-refractivity contribution in [2.45, 2.75) is 159 Å². The van der Waals surface area contributed by atoms with E-state index in [9.17, 15) is 14.4 Å². The van der Waals surface area contributed by atoms with Gasteiger partial charge in [-0.25, -0.2) is 0 Å². The zero-order chi connectivity index (χ0) is 44.8. The van der Waals surface area contributed by atoms with Crippen LogP contribution < -0.4 is 0 Å². The average molecular weight is 759 g/mol. The maximum Gasteiger partial charge on any atom is 0.189 e. The smallest absolute Gasteiger partial charge is 0.189 e. The fourth-order valence-corrected chi connectivity index (χ4v) is 3.88. The average Bonchev–Trinajstić information content (AvgIpc) is 3.28. The monoisotopic (exact) mass is 759 g/mol. The molecule has 0 aliphatic heterocycles. The van der Waals surface area contributed by atoms with E-state index in [2.05, 4.69) is 13.0 Å². The Balaban J connectivity index is -0.000000111.